The number of nitrogen functional groups attached to an aromatic ring is 1. The highest BCUT2D eigenvalue weighted by molar-refractivity contribution is 5.96. The van der Waals surface area contributed by atoms with Gasteiger partial charge in [0.2, 0.25) is 5.91 Å². The predicted molar refractivity (Wildman–Crippen MR) is 123 cm³/mol. The first-order valence-electron chi connectivity index (χ1n) is 12.3. The topological polar surface area (TPSA) is 101 Å². The van der Waals surface area contributed by atoms with E-state index in [0.717, 1.165) is 62.7 Å². The number of H-pyrrole nitrogens is 1. The molecule has 4 fully saturated rings. The summed E-state index contributed by atoms with van der Waals surface area (Å²) in [6, 6.07) is 0. The first kappa shape index (κ1) is 22.2. The van der Waals surface area contributed by atoms with Crippen LogP contribution in [-0.2, 0) is 11.3 Å². The van der Waals surface area contributed by atoms with Crippen LogP contribution in [0, 0.1) is 23.2 Å². The fourth-order valence-electron chi connectivity index (χ4n) is 6.98. The van der Waals surface area contributed by atoms with E-state index >= 15 is 0 Å². The average molecular weight is 431 g/mol. The van der Waals surface area contributed by atoms with Gasteiger partial charge in [-0.1, -0.05) is 26.7 Å². The lowest BCUT2D eigenvalue weighted by molar-refractivity contribution is -0.126. The molecule has 7 nitrogen and oxygen atoms in total. The van der Waals surface area contributed by atoms with Gasteiger partial charge in [0.25, 0.3) is 5.56 Å². The van der Waals surface area contributed by atoms with Gasteiger partial charge in [-0.15, -0.1) is 0 Å². The summed E-state index contributed by atoms with van der Waals surface area (Å²) in [6.45, 7) is 5.00. The Hall–Kier alpha value is -2.05. The molecule has 0 saturated heterocycles. The number of aromatic nitrogens is 2. The minimum absolute atomic E-state index is 0.00621. The van der Waals surface area contributed by atoms with E-state index in [4.69, 9.17) is 5.73 Å². The first-order valence-corrected chi connectivity index (χ1v) is 12.3. The predicted octanol–water partition coefficient (Wildman–Crippen LogP) is 3.66. The molecule has 0 aliphatic heterocycles. The fourth-order valence-corrected chi connectivity index (χ4v) is 6.98. The van der Waals surface area contributed by atoms with Crippen LogP contribution in [0.1, 0.15) is 84.5 Å². The quantitative estimate of drug-likeness (QED) is 0.624. The lowest BCUT2D eigenvalue weighted by Crippen LogP contribution is -2.49. The maximum Gasteiger partial charge on any atom is 0.330 e. The minimum atomic E-state index is -0.551. The molecule has 1 aromatic rings. The molecule has 7 heteroatoms. The van der Waals surface area contributed by atoms with Crippen molar-refractivity contribution in [1.82, 2.24) is 9.55 Å². The molecule has 0 unspecified atom stereocenters. The molecular formula is C24H38N4O3. The van der Waals surface area contributed by atoms with Gasteiger partial charge in [-0.05, 0) is 74.5 Å². The first-order chi connectivity index (χ1) is 14.9. The molecule has 0 radical (unpaired) electrons. The van der Waals surface area contributed by atoms with Crippen molar-refractivity contribution in [3.63, 3.8) is 0 Å². The third-order valence-electron chi connectivity index (χ3n) is 7.95. The standard InChI is InChI=1S/C24H38N4O3/c1-3-5-7-27(20-21(25)28(8-6-4-2)23(31)26-22(20)30)19(29)15-24-12-16-9-17(13-24)11-18(10-16)14-24/h16-18H,3-15,25H2,1-2H3,(H,26,30,31). The third kappa shape index (κ3) is 4.33. The van der Waals surface area contributed by atoms with E-state index in [1.807, 2.05) is 6.92 Å². The molecule has 3 N–H and O–H groups in total. The van der Waals surface area contributed by atoms with E-state index in [1.165, 1.54) is 23.8 Å². The van der Waals surface area contributed by atoms with Gasteiger partial charge in [0.05, 0.1) is 0 Å². The number of unbranched alkanes of at least 4 members (excludes halogenated alkanes) is 2. The number of nitrogens with two attached hydrogens (primary N) is 1. The summed E-state index contributed by atoms with van der Waals surface area (Å²) < 4.78 is 1.41. The monoisotopic (exact) mass is 430 g/mol. The number of nitrogens with zero attached hydrogens (tertiary/aromatic N) is 2. The van der Waals surface area contributed by atoms with Gasteiger partial charge in [0, 0.05) is 19.5 Å². The van der Waals surface area contributed by atoms with Crippen LogP contribution in [0.2, 0.25) is 0 Å². The van der Waals surface area contributed by atoms with E-state index in [9.17, 15) is 14.4 Å². The zero-order valence-corrected chi connectivity index (χ0v) is 19.1. The highest BCUT2D eigenvalue weighted by Crippen LogP contribution is 2.61. The van der Waals surface area contributed by atoms with Gasteiger partial charge in [-0.3, -0.25) is 19.1 Å². The van der Waals surface area contributed by atoms with E-state index in [1.54, 1.807) is 4.90 Å². The maximum absolute atomic E-state index is 13.7. The van der Waals surface area contributed by atoms with E-state index in [0.29, 0.717) is 19.5 Å². The highest BCUT2D eigenvalue weighted by Gasteiger charge is 2.51. The van der Waals surface area contributed by atoms with Crippen molar-refractivity contribution < 1.29 is 4.79 Å². The van der Waals surface area contributed by atoms with Crippen LogP contribution in [-0.4, -0.2) is 22.0 Å². The van der Waals surface area contributed by atoms with Gasteiger partial charge < -0.3 is 10.6 Å². The van der Waals surface area contributed by atoms with Crippen LogP contribution in [0.15, 0.2) is 9.59 Å². The van der Waals surface area contributed by atoms with Gasteiger partial charge >= 0.3 is 5.69 Å². The third-order valence-corrected chi connectivity index (χ3v) is 7.95. The van der Waals surface area contributed by atoms with Crippen LogP contribution in [0.3, 0.4) is 0 Å². The molecule has 4 aliphatic rings. The van der Waals surface area contributed by atoms with Crippen molar-refractivity contribution in [3.8, 4) is 0 Å². The Balaban J connectivity index is 1.64. The Morgan fingerprint density at radius 2 is 1.65 bits per heavy atom. The second-order valence-corrected chi connectivity index (χ2v) is 10.5. The summed E-state index contributed by atoms with van der Waals surface area (Å²) in [7, 11) is 0. The number of carbonyl (C=O) groups excluding carboxylic acids is 1. The maximum atomic E-state index is 13.7. The SMILES string of the molecule is CCCCN(C(=O)CC12CC3CC(CC(C3)C1)C2)c1c(N)n(CCCC)c(=O)[nH]c1=O. The molecule has 5 rings (SSSR count). The van der Waals surface area contributed by atoms with Gasteiger partial charge in [-0.2, -0.15) is 0 Å². The normalized spacial score (nSPS) is 28.8. The van der Waals surface area contributed by atoms with Crippen molar-refractivity contribution in [2.45, 2.75) is 91.0 Å². The number of amides is 1. The summed E-state index contributed by atoms with van der Waals surface area (Å²) in [5.74, 6) is 2.43. The summed E-state index contributed by atoms with van der Waals surface area (Å²) in [5.41, 5.74) is 5.56. The van der Waals surface area contributed by atoms with Crippen molar-refractivity contribution in [2.75, 3.05) is 17.2 Å². The zero-order chi connectivity index (χ0) is 22.2. The molecule has 0 spiro atoms. The largest absolute Gasteiger partial charge is 0.383 e. The molecule has 31 heavy (non-hydrogen) atoms. The van der Waals surface area contributed by atoms with Crippen molar-refractivity contribution in [2.24, 2.45) is 23.2 Å². The van der Waals surface area contributed by atoms with Gasteiger partial charge in [0.1, 0.15) is 5.82 Å². The number of hydrogen-bond acceptors (Lipinski definition) is 4. The number of anilines is 2. The van der Waals surface area contributed by atoms with E-state index in [2.05, 4.69) is 11.9 Å². The van der Waals surface area contributed by atoms with E-state index in [-0.39, 0.29) is 22.8 Å². The lowest BCUT2D eigenvalue weighted by atomic mass is 9.49. The molecule has 1 amide bonds. The molecule has 1 aromatic heterocycles. The fraction of sp³-hybridized carbons (Fsp3) is 0.792. The Kier molecular flexibility index (Phi) is 6.31. The molecule has 1 heterocycles. The van der Waals surface area contributed by atoms with Crippen LogP contribution in [0.4, 0.5) is 11.5 Å². The minimum Gasteiger partial charge on any atom is -0.383 e. The second kappa shape index (κ2) is 8.83. The van der Waals surface area contributed by atoms with Crippen LogP contribution in [0.25, 0.3) is 0 Å². The van der Waals surface area contributed by atoms with Crippen LogP contribution < -0.4 is 21.9 Å². The number of rotatable bonds is 9. The molecule has 4 saturated carbocycles. The Morgan fingerprint density at radius 3 is 2.19 bits per heavy atom. The molecule has 172 valence electrons. The van der Waals surface area contributed by atoms with E-state index < -0.39 is 11.2 Å². The summed E-state index contributed by atoms with van der Waals surface area (Å²) in [5, 5.41) is 0. The van der Waals surface area contributed by atoms with Gasteiger partial charge in [0.15, 0.2) is 5.69 Å². The average Bonchev–Trinajstić information content (AvgIpc) is 2.68. The summed E-state index contributed by atoms with van der Waals surface area (Å²) in [6.07, 6.45) is 11.3. The summed E-state index contributed by atoms with van der Waals surface area (Å²) >= 11 is 0. The second-order valence-electron chi connectivity index (χ2n) is 10.5. The Bertz CT molecular complexity index is 896. The number of aromatic amines is 1. The van der Waals surface area contributed by atoms with Crippen LogP contribution in [0.5, 0.6) is 0 Å². The lowest BCUT2D eigenvalue weighted by Gasteiger charge is -2.57. The molecule has 4 bridgehead atoms. The van der Waals surface area contributed by atoms with Crippen molar-refractivity contribution in [3.05, 3.63) is 20.8 Å². The Morgan fingerprint density at radius 1 is 1.06 bits per heavy atom. The smallest absolute Gasteiger partial charge is 0.330 e. The van der Waals surface area contributed by atoms with Crippen LogP contribution >= 0.6 is 0 Å². The molecule has 0 aromatic carbocycles. The number of nitrogens with one attached hydrogen (secondary N) is 1. The number of hydrogen-bond donors (Lipinski definition) is 2. The van der Waals surface area contributed by atoms with Crippen molar-refractivity contribution in [1.29, 1.82) is 0 Å². The van der Waals surface area contributed by atoms with Gasteiger partial charge in [-0.25, -0.2) is 4.79 Å². The molecule has 4 aliphatic carbocycles. The molecule has 0 atom stereocenters. The number of carbonyl (C=O) groups is 1. The van der Waals surface area contributed by atoms with Crippen molar-refractivity contribution >= 4 is 17.4 Å². The Labute approximate surface area is 184 Å². The highest BCUT2D eigenvalue weighted by atomic mass is 16.2. The summed E-state index contributed by atoms with van der Waals surface area (Å²) in [4.78, 5) is 42.8. The zero-order valence-electron chi connectivity index (χ0n) is 19.1. The molecular weight excluding hydrogens is 392 g/mol.